The number of aromatic nitrogens is 2. The first-order chi connectivity index (χ1) is 16.7. The summed E-state index contributed by atoms with van der Waals surface area (Å²) in [4.78, 5) is 13.2. The summed E-state index contributed by atoms with van der Waals surface area (Å²) in [5, 5.41) is 8.38. The van der Waals surface area contributed by atoms with Gasteiger partial charge in [-0.05, 0) is 49.7 Å². The smallest absolute Gasteiger partial charge is 0.435 e. The van der Waals surface area contributed by atoms with Crippen molar-refractivity contribution in [3.63, 3.8) is 0 Å². The second kappa shape index (κ2) is 10.3. The predicted molar refractivity (Wildman–Crippen MR) is 124 cm³/mol. The van der Waals surface area contributed by atoms with E-state index in [1.165, 1.54) is 42.7 Å². The number of benzene rings is 2. The molecule has 8 nitrogen and oxygen atoms in total. The van der Waals surface area contributed by atoms with Crippen LogP contribution in [0.3, 0.4) is 0 Å². The van der Waals surface area contributed by atoms with Crippen LogP contribution in [0.2, 0.25) is 5.02 Å². The van der Waals surface area contributed by atoms with Crippen LogP contribution in [0, 0.1) is 17.5 Å². The van der Waals surface area contributed by atoms with Crippen LogP contribution in [-0.4, -0.2) is 33.2 Å². The Morgan fingerprint density at radius 3 is 2.47 bits per heavy atom. The van der Waals surface area contributed by atoms with Crippen LogP contribution in [0.4, 0.5) is 23.2 Å². The third-order valence-electron chi connectivity index (χ3n) is 4.74. The molecule has 0 aliphatic rings. The molecule has 0 saturated carbocycles. The third-order valence-corrected chi connectivity index (χ3v) is 6.25. The van der Waals surface area contributed by atoms with E-state index < -0.39 is 55.4 Å². The van der Waals surface area contributed by atoms with E-state index in [0.717, 1.165) is 6.92 Å². The molecule has 14 heteroatoms. The number of hydrogen-bond acceptors (Lipinski definition) is 7. The molecule has 3 rings (SSSR count). The highest BCUT2D eigenvalue weighted by Crippen LogP contribution is 2.39. The van der Waals surface area contributed by atoms with Crippen molar-refractivity contribution in [1.82, 2.24) is 10.2 Å². The molecule has 1 amide bonds. The summed E-state index contributed by atoms with van der Waals surface area (Å²) in [5.41, 5.74) is -2.62. The Balaban J connectivity index is 2.08. The number of alkyl halides is 3. The molecule has 0 bridgehead atoms. The van der Waals surface area contributed by atoms with Gasteiger partial charge in [-0.25, -0.2) is 13.4 Å². The molecule has 0 radical (unpaired) electrons. The fourth-order valence-electron chi connectivity index (χ4n) is 3.08. The molecule has 36 heavy (non-hydrogen) atoms. The molecule has 0 fully saturated rings. The number of carbonyl (C=O) groups is 1. The van der Waals surface area contributed by atoms with Gasteiger partial charge in [0.15, 0.2) is 23.0 Å². The standard InChI is InChI=1S/C22H19ClF4N4O4S/c1-4-34-15-9-8-14(17(23)18(15)24)35-21-16(11(2)19(30-31-21)22(25,26)27)20(32)29-12-6-5-7-13(10-12)36(3,28)33/h5-10,28H,4H2,1-3H3,(H,29,32). The summed E-state index contributed by atoms with van der Waals surface area (Å²) >= 11 is 6.00. The van der Waals surface area contributed by atoms with Gasteiger partial charge >= 0.3 is 6.18 Å². The lowest BCUT2D eigenvalue weighted by Gasteiger charge is -2.17. The van der Waals surface area contributed by atoms with Gasteiger partial charge in [0.25, 0.3) is 11.8 Å². The Morgan fingerprint density at radius 1 is 1.19 bits per heavy atom. The summed E-state index contributed by atoms with van der Waals surface area (Å²) in [7, 11) is -3.13. The fourth-order valence-corrected chi connectivity index (χ4v) is 3.97. The van der Waals surface area contributed by atoms with Crippen LogP contribution in [0.1, 0.15) is 28.5 Å². The molecule has 3 aromatic rings. The summed E-state index contributed by atoms with van der Waals surface area (Å²) in [6.07, 6.45) is -3.77. The molecule has 0 spiro atoms. The molecule has 1 aromatic heterocycles. The molecular formula is C22H19ClF4N4O4S. The summed E-state index contributed by atoms with van der Waals surface area (Å²) < 4.78 is 85.2. The largest absolute Gasteiger partial charge is 0.491 e. The number of nitrogens with one attached hydrogen (secondary N) is 2. The Kier molecular flexibility index (Phi) is 7.74. The number of halogens is 5. The van der Waals surface area contributed by atoms with Crippen LogP contribution < -0.4 is 14.8 Å². The van der Waals surface area contributed by atoms with Gasteiger partial charge in [0.05, 0.1) is 16.3 Å². The number of anilines is 1. The first-order valence-corrected chi connectivity index (χ1v) is 12.5. The highest BCUT2D eigenvalue weighted by molar-refractivity contribution is 7.91. The fraction of sp³-hybridized carbons (Fsp3) is 0.227. The highest BCUT2D eigenvalue weighted by Gasteiger charge is 2.38. The zero-order valence-corrected chi connectivity index (χ0v) is 20.6. The maximum absolute atomic E-state index is 14.5. The van der Waals surface area contributed by atoms with Gasteiger partial charge in [-0.1, -0.05) is 17.7 Å². The van der Waals surface area contributed by atoms with Gasteiger partial charge in [0, 0.05) is 16.8 Å². The number of carbonyl (C=O) groups excluding carboxylic acids is 1. The zero-order chi connectivity index (χ0) is 26.8. The van der Waals surface area contributed by atoms with E-state index in [-0.39, 0.29) is 28.7 Å². The monoisotopic (exact) mass is 546 g/mol. The van der Waals surface area contributed by atoms with Crippen molar-refractivity contribution in [2.45, 2.75) is 24.9 Å². The highest BCUT2D eigenvalue weighted by atomic mass is 35.5. The van der Waals surface area contributed by atoms with E-state index in [2.05, 4.69) is 15.5 Å². The van der Waals surface area contributed by atoms with E-state index in [1.54, 1.807) is 6.92 Å². The average molecular weight is 547 g/mol. The summed E-state index contributed by atoms with van der Waals surface area (Å²) in [6, 6.07) is 7.85. The molecule has 0 aliphatic carbocycles. The Labute approximate surface area is 208 Å². The molecule has 2 aromatic carbocycles. The minimum absolute atomic E-state index is 0.0557. The molecular weight excluding hydrogens is 528 g/mol. The topological polar surface area (TPSA) is 114 Å². The lowest BCUT2D eigenvalue weighted by molar-refractivity contribution is -0.142. The average Bonchev–Trinajstić information content (AvgIpc) is 2.77. The Bertz CT molecular complexity index is 1430. The summed E-state index contributed by atoms with van der Waals surface area (Å²) in [6.45, 7) is 2.77. The molecule has 2 N–H and O–H groups in total. The van der Waals surface area contributed by atoms with E-state index >= 15 is 0 Å². The van der Waals surface area contributed by atoms with Gasteiger partial charge in [0.1, 0.15) is 10.6 Å². The van der Waals surface area contributed by atoms with Gasteiger partial charge in [-0.15, -0.1) is 10.2 Å². The Hall–Kier alpha value is -3.45. The lowest BCUT2D eigenvalue weighted by atomic mass is 10.1. The van der Waals surface area contributed by atoms with Crippen LogP contribution >= 0.6 is 11.6 Å². The van der Waals surface area contributed by atoms with Gasteiger partial charge in [0.2, 0.25) is 0 Å². The van der Waals surface area contributed by atoms with Crippen LogP contribution in [-0.2, 0) is 15.9 Å². The zero-order valence-electron chi connectivity index (χ0n) is 19.0. The summed E-state index contributed by atoms with van der Waals surface area (Å²) in [5.74, 6) is -3.24. The third kappa shape index (κ3) is 5.85. The Morgan fingerprint density at radius 2 is 1.86 bits per heavy atom. The molecule has 0 saturated heterocycles. The van der Waals surface area contributed by atoms with Crippen molar-refractivity contribution in [3.8, 4) is 17.4 Å². The van der Waals surface area contributed by atoms with Crippen LogP contribution in [0.5, 0.6) is 17.4 Å². The van der Waals surface area contributed by atoms with Crippen LogP contribution in [0.25, 0.3) is 0 Å². The van der Waals surface area contributed by atoms with Gasteiger partial charge < -0.3 is 14.8 Å². The molecule has 1 atom stereocenters. The number of rotatable bonds is 7. The van der Waals surface area contributed by atoms with Crippen molar-refractivity contribution < 1.29 is 36.0 Å². The molecule has 0 aliphatic heterocycles. The molecule has 1 unspecified atom stereocenters. The number of amides is 1. The second-order valence-electron chi connectivity index (χ2n) is 7.40. The normalized spacial score (nSPS) is 13.1. The van der Waals surface area contributed by atoms with Crippen LogP contribution in [0.15, 0.2) is 41.3 Å². The molecule has 192 valence electrons. The van der Waals surface area contributed by atoms with Gasteiger partial charge in [-0.2, -0.15) is 13.2 Å². The van der Waals surface area contributed by atoms with Crippen molar-refractivity contribution in [3.05, 3.63) is 64.1 Å². The maximum Gasteiger partial charge on any atom is 0.435 e. The quantitative estimate of drug-likeness (QED) is 0.347. The van der Waals surface area contributed by atoms with E-state index in [9.17, 15) is 26.6 Å². The van der Waals surface area contributed by atoms with Crippen molar-refractivity contribution in [2.75, 3.05) is 18.2 Å². The number of nitrogens with zero attached hydrogens (tertiary/aromatic N) is 2. The first kappa shape index (κ1) is 27.1. The van der Waals surface area contributed by atoms with Crippen molar-refractivity contribution >= 4 is 32.9 Å². The minimum Gasteiger partial charge on any atom is -0.491 e. The van der Waals surface area contributed by atoms with Gasteiger partial charge in [-0.3, -0.25) is 4.79 Å². The maximum atomic E-state index is 14.5. The number of ether oxygens (including phenoxy) is 2. The predicted octanol–water partition coefficient (Wildman–Crippen LogP) is 6.08. The van der Waals surface area contributed by atoms with Crippen molar-refractivity contribution in [2.24, 2.45) is 0 Å². The first-order valence-electron chi connectivity index (χ1n) is 10.1. The minimum atomic E-state index is -4.94. The second-order valence-corrected chi connectivity index (χ2v) is 9.94. The van der Waals surface area contributed by atoms with E-state index in [4.69, 9.17) is 25.9 Å². The SMILES string of the molecule is CCOc1ccc(Oc2nnc(C(F)(F)F)c(C)c2C(=O)Nc2cccc(S(C)(=N)=O)c2)c(Cl)c1F. The molecule has 1 heterocycles. The van der Waals surface area contributed by atoms with Crippen molar-refractivity contribution in [1.29, 1.82) is 4.78 Å². The van der Waals surface area contributed by atoms with E-state index in [1.807, 2.05) is 0 Å². The number of hydrogen-bond donors (Lipinski definition) is 2. The lowest BCUT2D eigenvalue weighted by Crippen LogP contribution is -2.21. The van der Waals surface area contributed by atoms with E-state index in [0.29, 0.717) is 0 Å².